The third-order valence-corrected chi connectivity index (χ3v) is 5.94. The Kier molecular flexibility index (Phi) is 3.78. The standard InChI is InChI=1S/C28H17N3O2/c1-2-7-18(8-3-1)31(19-12-13-22-25(17-19)32-24-11-6-16-29-27(22)24)26-15-14-21-20-9-4-5-10-23(20)33-28(21)30-26/h1-17H. The predicted octanol–water partition coefficient (Wildman–Crippen LogP) is 7.75. The Bertz CT molecular complexity index is 1670. The second-order valence-corrected chi connectivity index (χ2v) is 7.92. The minimum atomic E-state index is 0.614. The molecule has 0 N–H and O–H groups in total. The highest BCUT2D eigenvalue weighted by atomic mass is 16.3. The number of nitrogens with zero attached hydrogens (tertiary/aromatic N) is 3. The van der Waals surface area contributed by atoms with Gasteiger partial charge in [0, 0.05) is 34.1 Å². The van der Waals surface area contributed by atoms with Gasteiger partial charge in [0.05, 0.1) is 5.69 Å². The fourth-order valence-corrected chi connectivity index (χ4v) is 4.43. The van der Waals surface area contributed by atoms with Crippen LogP contribution in [0.3, 0.4) is 0 Å². The van der Waals surface area contributed by atoms with Crippen molar-refractivity contribution in [3.05, 3.63) is 103 Å². The Hall–Kier alpha value is -4.64. The van der Waals surface area contributed by atoms with Gasteiger partial charge in [-0.25, -0.2) is 0 Å². The van der Waals surface area contributed by atoms with Gasteiger partial charge >= 0.3 is 0 Å². The summed E-state index contributed by atoms with van der Waals surface area (Å²) < 4.78 is 12.2. The Balaban J connectivity index is 1.45. The molecule has 0 aliphatic heterocycles. The quantitative estimate of drug-likeness (QED) is 0.289. The van der Waals surface area contributed by atoms with Crippen molar-refractivity contribution in [2.75, 3.05) is 4.90 Å². The minimum absolute atomic E-state index is 0.614. The van der Waals surface area contributed by atoms with Crippen molar-refractivity contribution >= 4 is 61.3 Å². The fraction of sp³-hybridized carbons (Fsp3) is 0. The number of hydrogen-bond donors (Lipinski definition) is 0. The summed E-state index contributed by atoms with van der Waals surface area (Å²) in [5, 5.41) is 3.05. The highest BCUT2D eigenvalue weighted by molar-refractivity contribution is 6.05. The molecular weight excluding hydrogens is 410 g/mol. The summed E-state index contributed by atoms with van der Waals surface area (Å²) in [6.07, 6.45) is 1.79. The first-order chi connectivity index (χ1) is 16.3. The number of para-hydroxylation sites is 2. The van der Waals surface area contributed by atoms with Crippen LogP contribution in [0.5, 0.6) is 0 Å². The smallest absolute Gasteiger partial charge is 0.229 e. The van der Waals surface area contributed by atoms with E-state index in [9.17, 15) is 0 Å². The van der Waals surface area contributed by atoms with E-state index in [0.29, 0.717) is 5.71 Å². The summed E-state index contributed by atoms with van der Waals surface area (Å²) in [4.78, 5) is 11.5. The molecule has 5 nitrogen and oxygen atoms in total. The molecule has 0 aliphatic carbocycles. The topological polar surface area (TPSA) is 55.3 Å². The molecular formula is C28H17N3O2. The number of fused-ring (bicyclic) bond motifs is 6. The Labute approximate surface area is 188 Å². The Morgan fingerprint density at radius 3 is 2.33 bits per heavy atom. The van der Waals surface area contributed by atoms with E-state index in [1.807, 2.05) is 60.7 Å². The highest BCUT2D eigenvalue weighted by Gasteiger charge is 2.18. The van der Waals surface area contributed by atoms with Gasteiger partial charge in [0.1, 0.15) is 22.5 Å². The molecule has 7 rings (SSSR count). The molecule has 0 unspecified atom stereocenters. The maximum Gasteiger partial charge on any atom is 0.229 e. The maximum atomic E-state index is 6.10. The molecule has 33 heavy (non-hydrogen) atoms. The molecule has 0 saturated heterocycles. The molecule has 4 heterocycles. The van der Waals surface area contributed by atoms with E-state index in [2.05, 4.69) is 46.3 Å². The van der Waals surface area contributed by atoms with Crippen LogP contribution in [0.4, 0.5) is 17.2 Å². The molecule has 3 aromatic carbocycles. The van der Waals surface area contributed by atoms with Crippen LogP contribution in [0.25, 0.3) is 44.1 Å². The first-order valence-corrected chi connectivity index (χ1v) is 10.8. The van der Waals surface area contributed by atoms with Gasteiger partial charge < -0.3 is 8.83 Å². The minimum Gasteiger partial charge on any atom is -0.454 e. The molecule has 0 atom stereocenters. The first kappa shape index (κ1) is 18.0. The lowest BCUT2D eigenvalue weighted by Gasteiger charge is -2.24. The van der Waals surface area contributed by atoms with E-state index in [1.54, 1.807) is 6.20 Å². The van der Waals surface area contributed by atoms with Gasteiger partial charge in [0.25, 0.3) is 0 Å². The highest BCUT2D eigenvalue weighted by Crippen LogP contribution is 2.38. The number of benzene rings is 3. The summed E-state index contributed by atoms with van der Waals surface area (Å²) in [6, 6.07) is 32.3. The van der Waals surface area contributed by atoms with Crippen LogP contribution in [0.1, 0.15) is 0 Å². The lowest BCUT2D eigenvalue weighted by atomic mass is 10.1. The van der Waals surface area contributed by atoms with Crippen LogP contribution in [0.2, 0.25) is 0 Å². The van der Waals surface area contributed by atoms with Gasteiger partial charge in [-0.1, -0.05) is 36.4 Å². The second kappa shape index (κ2) is 6.93. The number of anilines is 3. The number of rotatable bonds is 3. The Morgan fingerprint density at radius 2 is 1.39 bits per heavy atom. The molecule has 5 heteroatoms. The fourth-order valence-electron chi connectivity index (χ4n) is 4.43. The normalized spacial score (nSPS) is 11.6. The van der Waals surface area contributed by atoms with Crippen molar-refractivity contribution in [1.82, 2.24) is 9.97 Å². The van der Waals surface area contributed by atoms with Gasteiger partial charge in [-0.3, -0.25) is 9.88 Å². The SMILES string of the molecule is c1ccc(N(c2ccc3c(c2)oc2cccnc23)c2ccc3c(n2)oc2ccccc23)cc1. The molecule has 0 radical (unpaired) electrons. The molecule has 0 amide bonds. The van der Waals surface area contributed by atoms with Gasteiger partial charge in [-0.15, -0.1) is 0 Å². The molecule has 0 spiro atoms. The molecule has 0 saturated carbocycles. The monoisotopic (exact) mass is 427 g/mol. The van der Waals surface area contributed by atoms with Crippen molar-refractivity contribution in [1.29, 1.82) is 0 Å². The summed E-state index contributed by atoms with van der Waals surface area (Å²) >= 11 is 0. The third-order valence-electron chi connectivity index (χ3n) is 5.94. The van der Waals surface area contributed by atoms with Crippen LogP contribution in [-0.2, 0) is 0 Å². The molecule has 0 bridgehead atoms. The van der Waals surface area contributed by atoms with Crippen molar-refractivity contribution in [2.45, 2.75) is 0 Å². The third kappa shape index (κ3) is 2.79. The molecule has 0 aliphatic rings. The van der Waals surface area contributed by atoms with Crippen molar-refractivity contribution in [3.63, 3.8) is 0 Å². The number of pyridine rings is 2. The zero-order valence-corrected chi connectivity index (χ0v) is 17.5. The second-order valence-electron chi connectivity index (χ2n) is 7.92. The van der Waals surface area contributed by atoms with Crippen LogP contribution in [-0.4, -0.2) is 9.97 Å². The first-order valence-electron chi connectivity index (χ1n) is 10.8. The lowest BCUT2D eigenvalue weighted by molar-refractivity contribution is 0.654. The van der Waals surface area contributed by atoms with Crippen LogP contribution in [0, 0.1) is 0 Å². The van der Waals surface area contributed by atoms with Crippen molar-refractivity contribution < 1.29 is 8.83 Å². The summed E-state index contributed by atoms with van der Waals surface area (Å²) in [7, 11) is 0. The molecule has 0 fully saturated rings. The average molecular weight is 427 g/mol. The summed E-state index contributed by atoms with van der Waals surface area (Å²) in [6.45, 7) is 0. The Morgan fingerprint density at radius 1 is 0.576 bits per heavy atom. The van der Waals surface area contributed by atoms with E-state index in [1.165, 1.54) is 0 Å². The van der Waals surface area contributed by atoms with Crippen LogP contribution < -0.4 is 4.90 Å². The van der Waals surface area contributed by atoms with E-state index in [-0.39, 0.29) is 0 Å². The van der Waals surface area contributed by atoms with Crippen LogP contribution >= 0.6 is 0 Å². The summed E-state index contributed by atoms with van der Waals surface area (Å²) in [5.74, 6) is 0.765. The van der Waals surface area contributed by atoms with E-state index >= 15 is 0 Å². The van der Waals surface area contributed by atoms with Gasteiger partial charge in [0.2, 0.25) is 5.71 Å². The lowest BCUT2D eigenvalue weighted by Crippen LogP contribution is -2.11. The largest absolute Gasteiger partial charge is 0.454 e. The molecule has 4 aromatic heterocycles. The van der Waals surface area contributed by atoms with E-state index in [0.717, 1.165) is 55.6 Å². The van der Waals surface area contributed by atoms with Gasteiger partial charge in [-0.2, -0.15) is 4.98 Å². The van der Waals surface area contributed by atoms with Crippen molar-refractivity contribution in [3.8, 4) is 0 Å². The summed E-state index contributed by atoms with van der Waals surface area (Å²) in [5.41, 5.74) is 5.81. The maximum absolute atomic E-state index is 6.10. The zero-order valence-electron chi connectivity index (χ0n) is 17.5. The number of aromatic nitrogens is 2. The number of furan rings is 2. The zero-order chi connectivity index (χ0) is 21.8. The molecule has 7 aromatic rings. The average Bonchev–Trinajstić information content (AvgIpc) is 3.42. The van der Waals surface area contributed by atoms with E-state index in [4.69, 9.17) is 13.8 Å². The van der Waals surface area contributed by atoms with Gasteiger partial charge in [0.15, 0.2) is 5.58 Å². The number of hydrogen-bond acceptors (Lipinski definition) is 5. The van der Waals surface area contributed by atoms with Crippen molar-refractivity contribution in [2.24, 2.45) is 0 Å². The van der Waals surface area contributed by atoms with E-state index < -0.39 is 0 Å². The van der Waals surface area contributed by atoms with Crippen LogP contribution in [0.15, 0.2) is 112 Å². The van der Waals surface area contributed by atoms with Gasteiger partial charge in [-0.05, 0) is 54.6 Å². The predicted molar refractivity (Wildman–Crippen MR) is 131 cm³/mol. The molecule has 156 valence electrons.